The third-order valence-electron chi connectivity index (χ3n) is 6.53. The van der Waals surface area contributed by atoms with Crippen LogP contribution in [0.1, 0.15) is 57.4 Å². The number of aromatic nitrogens is 1. The van der Waals surface area contributed by atoms with E-state index in [1.807, 2.05) is 74.2 Å². The molecule has 6 heteroatoms. The van der Waals surface area contributed by atoms with Crippen LogP contribution in [0.3, 0.4) is 0 Å². The molecule has 1 aromatic heterocycles. The monoisotopic (exact) mass is 459 g/mol. The Morgan fingerprint density at radius 1 is 1.00 bits per heavy atom. The van der Waals surface area contributed by atoms with Gasteiger partial charge in [0.05, 0.1) is 12.2 Å². The van der Waals surface area contributed by atoms with Crippen molar-refractivity contribution in [2.75, 3.05) is 19.7 Å². The second kappa shape index (κ2) is 10.6. The highest BCUT2D eigenvalue weighted by molar-refractivity contribution is 5.96. The van der Waals surface area contributed by atoms with Crippen LogP contribution in [-0.4, -0.2) is 47.0 Å². The zero-order valence-corrected chi connectivity index (χ0v) is 20.2. The lowest BCUT2D eigenvalue weighted by Gasteiger charge is -2.32. The predicted octanol–water partition coefficient (Wildman–Crippen LogP) is 4.59. The molecule has 0 spiro atoms. The number of carbonyl (C=O) groups is 2. The molecule has 0 saturated carbocycles. The Balaban J connectivity index is 1.33. The minimum Gasteiger partial charge on any atom is -0.494 e. The molecule has 34 heavy (non-hydrogen) atoms. The Morgan fingerprint density at radius 2 is 1.68 bits per heavy atom. The van der Waals surface area contributed by atoms with Gasteiger partial charge in [0.1, 0.15) is 5.75 Å². The Bertz CT molecular complexity index is 1130. The molecule has 2 aromatic carbocycles. The van der Waals surface area contributed by atoms with Crippen LogP contribution in [-0.2, 0) is 6.54 Å². The van der Waals surface area contributed by atoms with E-state index in [1.54, 1.807) is 0 Å². The number of nitrogens with one attached hydrogen (secondary N) is 1. The quantitative estimate of drug-likeness (QED) is 0.562. The van der Waals surface area contributed by atoms with Gasteiger partial charge in [-0.25, -0.2) is 0 Å². The lowest BCUT2D eigenvalue weighted by atomic mass is 10.0. The zero-order chi connectivity index (χ0) is 24.1. The van der Waals surface area contributed by atoms with Crippen LogP contribution in [0.2, 0.25) is 0 Å². The smallest absolute Gasteiger partial charge is 0.253 e. The summed E-state index contributed by atoms with van der Waals surface area (Å²) in [5.41, 5.74) is 4.64. The summed E-state index contributed by atoms with van der Waals surface area (Å²) in [4.78, 5) is 27.8. The van der Waals surface area contributed by atoms with Gasteiger partial charge in [-0.3, -0.25) is 9.59 Å². The van der Waals surface area contributed by atoms with Crippen LogP contribution in [0.4, 0.5) is 0 Å². The van der Waals surface area contributed by atoms with E-state index in [0.717, 1.165) is 42.1 Å². The number of nitrogens with zero attached hydrogens (tertiary/aromatic N) is 2. The van der Waals surface area contributed by atoms with Gasteiger partial charge in [-0.15, -0.1) is 0 Å². The molecule has 1 N–H and O–H groups in total. The first-order valence-electron chi connectivity index (χ1n) is 12.0. The maximum Gasteiger partial charge on any atom is 0.253 e. The van der Waals surface area contributed by atoms with Gasteiger partial charge >= 0.3 is 0 Å². The van der Waals surface area contributed by atoms with Gasteiger partial charge in [0.15, 0.2) is 0 Å². The lowest BCUT2D eigenvalue weighted by Crippen LogP contribution is -2.46. The molecule has 3 aromatic rings. The van der Waals surface area contributed by atoms with Gasteiger partial charge in [-0.05, 0) is 69.5 Å². The number of aryl methyl sites for hydroxylation is 1. The first-order chi connectivity index (χ1) is 16.5. The van der Waals surface area contributed by atoms with E-state index in [1.165, 1.54) is 5.56 Å². The number of carbonyl (C=O) groups excluding carboxylic acids is 2. The second-order valence-electron chi connectivity index (χ2n) is 8.85. The van der Waals surface area contributed by atoms with E-state index in [4.69, 9.17) is 4.74 Å². The molecule has 0 bridgehead atoms. The molecule has 0 aliphatic carbocycles. The first-order valence-corrected chi connectivity index (χ1v) is 12.0. The van der Waals surface area contributed by atoms with E-state index < -0.39 is 0 Å². The minimum absolute atomic E-state index is 0.0253. The summed E-state index contributed by atoms with van der Waals surface area (Å²) in [6, 6.07) is 19.6. The molecule has 1 aliphatic heterocycles. The van der Waals surface area contributed by atoms with Crippen LogP contribution < -0.4 is 10.1 Å². The topological polar surface area (TPSA) is 63.6 Å². The number of ether oxygens (including phenoxy) is 1. The average Bonchev–Trinajstić information content (AvgIpc) is 3.14. The van der Waals surface area contributed by atoms with Crippen molar-refractivity contribution in [1.82, 2.24) is 14.8 Å². The summed E-state index contributed by atoms with van der Waals surface area (Å²) in [6.45, 7) is 8.58. The van der Waals surface area contributed by atoms with E-state index >= 15 is 0 Å². The van der Waals surface area contributed by atoms with Crippen molar-refractivity contribution in [2.45, 2.75) is 46.2 Å². The Kier molecular flexibility index (Phi) is 7.36. The average molecular weight is 460 g/mol. The molecule has 2 heterocycles. The lowest BCUT2D eigenvalue weighted by molar-refractivity contribution is 0.0698. The van der Waals surface area contributed by atoms with Crippen molar-refractivity contribution in [2.24, 2.45) is 0 Å². The third-order valence-corrected chi connectivity index (χ3v) is 6.53. The molecule has 1 saturated heterocycles. The van der Waals surface area contributed by atoms with Gasteiger partial charge in [0.2, 0.25) is 0 Å². The molecule has 2 amide bonds. The van der Waals surface area contributed by atoms with Crippen molar-refractivity contribution in [3.63, 3.8) is 0 Å². The number of hydrogen-bond donors (Lipinski definition) is 1. The highest BCUT2D eigenvalue weighted by Crippen LogP contribution is 2.20. The van der Waals surface area contributed by atoms with E-state index in [2.05, 4.69) is 22.0 Å². The van der Waals surface area contributed by atoms with E-state index in [0.29, 0.717) is 25.3 Å². The summed E-state index contributed by atoms with van der Waals surface area (Å²) in [5, 5.41) is 3.19. The molecular formula is C28H33N3O3. The summed E-state index contributed by atoms with van der Waals surface area (Å²) in [5.74, 6) is 0.754. The van der Waals surface area contributed by atoms with Crippen LogP contribution in [0, 0.1) is 13.8 Å². The maximum atomic E-state index is 13.1. The molecule has 0 atom stereocenters. The normalized spacial score (nSPS) is 14.1. The molecule has 4 rings (SSSR count). The van der Waals surface area contributed by atoms with Gasteiger partial charge in [-0.2, -0.15) is 0 Å². The van der Waals surface area contributed by atoms with Crippen molar-refractivity contribution < 1.29 is 14.3 Å². The fraction of sp³-hybridized carbons (Fsp3) is 0.357. The van der Waals surface area contributed by atoms with Crippen molar-refractivity contribution >= 4 is 11.8 Å². The minimum atomic E-state index is -0.0382. The highest BCUT2D eigenvalue weighted by Gasteiger charge is 2.26. The van der Waals surface area contributed by atoms with E-state index in [9.17, 15) is 9.59 Å². The van der Waals surface area contributed by atoms with Crippen molar-refractivity contribution in [1.29, 1.82) is 0 Å². The summed E-state index contributed by atoms with van der Waals surface area (Å²) < 4.78 is 7.64. The standard InChI is InChI=1S/C28H33N3O3/c1-4-34-25-12-10-23(11-13-25)28(33)30-16-14-24(15-17-30)29-27(32)26-18-20(2)31(21(26)3)19-22-8-6-5-7-9-22/h5-13,18,24H,4,14-17,19H2,1-3H3,(H,29,32). The molecule has 178 valence electrons. The SMILES string of the molecule is CCOc1ccc(C(=O)N2CCC(NC(=O)c3cc(C)n(Cc4ccccc4)c3C)CC2)cc1. The number of rotatable bonds is 7. The molecule has 1 aliphatic rings. The Morgan fingerprint density at radius 3 is 2.32 bits per heavy atom. The van der Waals surface area contributed by atoms with Crippen LogP contribution in [0.25, 0.3) is 0 Å². The van der Waals surface area contributed by atoms with Crippen LogP contribution in [0.5, 0.6) is 5.75 Å². The third kappa shape index (κ3) is 5.33. The number of hydrogen-bond acceptors (Lipinski definition) is 3. The molecule has 0 unspecified atom stereocenters. The molecule has 1 fully saturated rings. The number of likely N-dealkylation sites (tertiary alicyclic amines) is 1. The Hall–Kier alpha value is -3.54. The number of amides is 2. The molecule has 0 radical (unpaired) electrons. The predicted molar refractivity (Wildman–Crippen MR) is 133 cm³/mol. The van der Waals surface area contributed by atoms with Gasteiger partial charge < -0.3 is 19.5 Å². The Labute approximate surface area is 201 Å². The first kappa shape index (κ1) is 23.6. The molecular weight excluding hydrogens is 426 g/mol. The molecule has 6 nitrogen and oxygen atoms in total. The van der Waals surface area contributed by atoms with E-state index in [-0.39, 0.29) is 17.9 Å². The fourth-order valence-corrected chi connectivity index (χ4v) is 4.57. The number of benzene rings is 2. The van der Waals surface area contributed by atoms with Gasteiger partial charge in [0, 0.05) is 42.6 Å². The van der Waals surface area contributed by atoms with Gasteiger partial charge in [0.25, 0.3) is 11.8 Å². The highest BCUT2D eigenvalue weighted by atomic mass is 16.5. The largest absolute Gasteiger partial charge is 0.494 e. The fourth-order valence-electron chi connectivity index (χ4n) is 4.57. The summed E-state index contributed by atoms with van der Waals surface area (Å²) in [6.07, 6.45) is 1.49. The van der Waals surface area contributed by atoms with Crippen molar-refractivity contribution in [3.05, 3.63) is 88.7 Å². The maximum absolute atomic E-state index is 13.1. The zero-order valence-electron chi connectivity index (χ0n) is 20.2. The summed E-state index contributed by atoms with van der Waals surface area (Å²) in [7, 11) is 0. The van der Waals surface area contributed by atoms with Gasteiger partial charge in [-0.1, -0.05) is 30.3 Å². The van der Waals surface area contributed by atoms with Crippen LogP contribution in [0.15, 0.2) is 60.7 Å². The van der Waals surface area contributed by atoms with Crippen molar-refractivity contribution in [3.8, 4) is 5.75 Å². The summed E-state index contributed by atoms with van der Waals surface area (Å²) >= 11 is 0. The number of piperidine rings is 1. The second-order valence-corrected chi connectivity index (χ2v) is 8.85. The van der Waals surface area contributed by atoms with Crippen LogP contribution >= 0.6 is 0 Å².